The summed E-state index contributed by atoms with van der Waals surface area (Å²) in [7, 11) is -1.70. The van der Waals surface area contributed by atoms with Gasteiger partial charge in [-0.3, -0.25) is 0 Å². The summed E-state index contributed by atoms with van der Waals surface area (Å²) in [6.07, 6.45) is 6.11. The quantitative estimate of drug-likeness (QED) is 0.760. The average Bonchev–Trinajstić information content (AvgIpc) is 3.20. The maximum Gasteiger partial charge on any atom is 0.244 e. The molecule has 0 bridgehead atoms. The van der Waals surface area contributed by atoms with Gasteiger partial charge in [0.05, 0.1) is 0 Å². The summed E-state index contributed by atoms with van der Waals surface area (Å²) in [5.41, 5.74) is 1.05. The largest absolute Gasteiger partial charge is 0.349 e. The van der Waals surface area contributed by atoms with Crippen molar-refractivity contribution in [3.05, 3.63) is 18.0 Å². The number of rotatable bonds is 9. The second-order valence-electron chi connectivity index (χ2n) is 5.79. The Kier molecular flexibility index (Phi) is 5.46. The highest BCUT2D eigenvalue weighted by atomic mass is 32.2. The van der Waals surface area contributed by atoms with E-state index in [-0.39, 0.29) is 0 Å². The van der Waals surface area contributed by atoms with Crippen LogP contribution in [0.15, 0.2) is 17.2 Å². The van der Waals surface area contributed by atoms with Gasteiger partial charge in [-0.1, -0.05) is 13.3 Å². The molecule has 1 aromatic rings. The van der Waals surface area contributed by atoms with Crippen LogP contribution in [0.1, 0.15) is 45.2 Å². The fourth-order valence-corrected chi connectivity index (χ4v) is 3.60. The Hall–Kier alpha value is -0.850. The van der Waals surface area contributed by atoms with Crippen LogP contribution >= 0.6 is 0 Å². The lowest BCUT2D eigenvalue weighted by atomic mass is 10.3. The van der Waals surface area contributed by atoms with Crippen molar-refractivity contribution in [1.29, 1.82) is 0 Å². The molecule has 0 amide bonds. The van der Waals surface area contributed by atoms with Crippen LogP contribution in [0.25, 0.3) is 0 Å². The molecule has 120 valence electrons. The van der Waals surface area contributed by atoms with Gasteiger partial charge in [0.25, 0.3) is 0 Å². The van der Waals surface area contributed by atoms with E-state index in [4.69, 9.17) is 0 Å². The van der Waals surface area contributed by atoms with E-state index in [1.54, 1.807) is 13.2 Å². The maximum absolute atomic E-state index is 12.6. The molecule has 2 rings (SSSR count). The average molecular weight is 313 g/mol. The molecule has 0 unspecified atom stereocenters. The number of aromatic nitrogens is 1. The number of unbranched alkanes of at least 4 members (excludes halogenated alkanes) is 1. The van der Waals surface area contributed by atoms with Gasteiger partial charge in [-0.15, -0.1) is 0 Å². The zero-order valence-electron chi connectivity index (χ0n) is 13.3. The predicted octanol–water partition coefficient (Wildman–Crippen LogP) is 2.18. The molecule has 0 spiro atoms. The highest BCUT2D eigenvalue weighted by Gasteiger charge is 2.24. The van der Waals surface area contributed by atoms with Crippen LogP contribution in [0.3, 0.4) is 0 Å². The number of nitrogens with one attached hydrogen (secondary N) is 1. The normalized spacial score (nSPS) is 15.8. The van der Waals surface area contributed by atoms with E-state index >= 15 is 0 Å². The molecule has 1 fully saturated rings. The van der Waals surface area contributed by atoms with Crippen molar-refractivity contribution in [3.8, 4) is 0 Å². The van der Waals surface area contributed by atoms with E-state index in [0.717, 1.165) is 31.6 Å². The molecule has 5 nitrogen and oxygen atoms in total. The summed E-state index contributed by atoms with van der Waals surface area (Å²) in [5.74, 6) is 0. The Morgan fingerprint density at radius 3 is 2.67 bits per heavy atom. The van der Waals surface area contributed by atoms with Gasteiger partial charge >= 0.3 is 0 Å². The molecule has 21 heavy (non-hydrogen) atoms. The Balaban J connectivity index is 2.13. The standard InChI is InChI=1S/C15H27N3O2S/c1-4-6-9-17(3)21(19,20)15-10-14(18(5-2)12-15)11-16-13-7-8-13/h10,12-13,16H,4-9,11H2,1-3H3. The van der Waals surface area contributed by atoms with Crippen molar-refractivity contribution in [2.75, 3.05) is 13.6 Å². The van der Waals surface area contributed by atoms with Gasteiger partial charge in [-0.05, 0) is 32.3 Å². The first-order valence-corrected chi connectivity index (χ1v) is 9.31. The van der Waals surface area contributed by atoms with Crippen LogP contribution in [0.5, 0.6) is 0 Å². The smallest absolute Gasteiger partial charge is 0.244 e. The summed E-state index contributed by atoms with van der Waals surface area (Å²) in [4.78, 5) is 0.413. The van der Waals surface area contributed by atoms with E-state index in [1.165, 1.54) is 17.1 Å². The van der Waals surface area contributed by atoms with Gasteiger partial charge in [-0.25, -0.2) is 12.7 Å². The summed E-state index contributed by atoms with van der Waals surface area (Å²) in [6, 6.07) is 2.44. The van der Waals surface area contributed by atoms with E-state index in [0.29, 0.717) is 17.5 Å². The van der Waals surface area contributed by atoms with E-state index in [9.17, 15) is 8.42 Å². The number of nitrogens with zero attached hydrogens (tertiary/aromatic N) is 2. The molecular formula is C15H27N3O2S. The Morgan fingerprint density at radius 2 is 2.10 bits per heavy atom. The SMILES string of the molecule is CCCCN(C)S(=O)(=O)c1cc(CNC2CC2)n(CC)c1. The first-order chi connectivity index (χ1) is 9.98. The Bertz CT molecular complexity index is 561. The van der Waals surface area contributed by atoms with Crippen LogP contribution < -0.4 is 5.32 Å². The van der Waals surface area contributed by atoms with Gasteiger partial charge in [0.1, 0.15) is 4.90 Å². The summed E-state index contributed by atoms with van der Waals surface area (Å²) in [5, 5.41) is 3.45. The third-order valence-corrected chi connectivity index (χ3v) is 5.81. The third kappa shape index (κ3) is 4.08. The minimum Gasteiger partial charge on any atom is -0.349 e. The minimum atomic E-state index is -3.36. The van der Waals surface area contributed by atoms with Gasteiger partial charge in [0.15, 0.2) is 0 Å². The van der Waals surface area contributed by atoms with Crippen molar-refractivity contribution in [2.24, 2.45) is 0 Å². The van der Waals surface area contributed by atoms with Gasteiger partial charge in [-0.2, -0.15) is 0 Å². The molecule has 1 N–H and O–H groups in total. The number of hydrogen-bond donors (Lipinski definition) is 1. The highest BCUT2D eigenvalue weighted by Crippen LogP contribution is 2.22. The maximum atomic E-state index is 12.6. The molecule has 0 atom stereocenters. The zero-order valence-corrected chi connectivity index (χ0v) is 14.1. The molecule has 1 heterocycles. The Morgan fingerprint density at radius 1 is 1.38 bits per heavy atom. The second-order valence-corrected chi connectivity index (χ2v) is 7.83. The minimum absolute atomic E-state index is 0.413. The molecule has 1 aliphatic carbocycles. The molecule has 0 saturated heterocycles. The van der Waals surface area contributed by atoms with Gasteiger partial charge in [0.2, 0.25) is 10.0 Å². The first kappa shape index (κ1) is 16.5. The Labute approximate surface area is 128 Å². The van der Waals surface area contributed by atoms with Crippen LogP contribution in [0.2, 0.25) is 0 Å². The summed E-state index contributed by atoms with van der Waals surface area (Å²) >= 11 is 0. The zero-order chi connectivity index (χ0) is 15.5. The van der Waals surface area contributed by atoms with Crippen molar-refractivity contribution in [1.82, 2.24) is 14.2 Å². The van der Waals surface area contributed by atoms with Crippen LogP contribution in [0, 0.1) is 0 Å². The van der Waals surface area contributed by atoms with Crippen molar-refractivity contribution in [3.63, 3.8) is 0 Å². The van der Waals surface area contributed by atoms with Crippen LogP contribution in [-0.2, 0) is 23.1 Å². The van der Waals surface area contributed by atoms with Crippen LogP contribution in [0.4, 0.5) is 0 Å². The van der Waals surface area contributed by atoms with Crippen molar-refractivity contribution < 1.29 is 8.42 Å². The molecule has 1 aliphatic rings. The lowest BCUT2D eigenvalue weighted by Crippen LogP contribution is -2.27. The first-order valence-electron chi connectivity index (χ1n) is 7.87. The number of hydrogen-bond acceptors (Lipinski definition) is 3. The van der Waals surface area contributed by atoms with Crippen LogP contribution in [-0.4, -0.2) is 36.9 Å². The topological polar surface area (TPSA) is 54.3 Å². The molecule has 1 saturated carbocycles. The molecule has 0 radical (unpaired) electrons. The van der Waals surface area contributed by atoms with Crippen molar-refractivity contribution in [2.45, 2.75) is 63.6 Å². The predicted molar refractivity (Wildman–Crippen MR) is 84.7 cm³/mol. The fourth-order valence-electron chi connectivity index (χ4n) is 2.33. The van der Waals surface area contributed by atoms with Gasteiger partial charge in [0, 0.05) is 44.6 Å². The monoisotopic (exact) mass is 313 g/mol. The third-order valence-electron chi connectivity index (χ3n) is 3.99. The summed E-state index contributed by atoms with van der Waals surface area (Å²) < 4.78 is 28.6. The van der Waals surface area contributed by atoms with E-state index in [2.05, 4.69) is 12.2 Å². The van der Waals surface area contributed by atoms with E-state index in [1.807, 2.05) is 17.6 Å². The molecule has 0 aliphatic heterocycles. The van der Waals surface area contributed by atoms with Gasteiger partial charge < -0.3 is 9.88 Å². The number of aryl methyl sites for hydroxylation is 1. The van der Waals surface area contributed by atoms with E-state index < -0.39 is 10.0 Å². The molecule has 6 heteroatoms. The fraction of sp³-hybridized carbons (Fsp3) is 0.733. The second kappa shape index (κ2) is 6.94. The number of sulfonamides is 1. The molecule has 1 aromatic heterocycles. The lowest BCUT2D eigenvalue weighted by molar-refractivity contribution is 0.459. The highest BCUT2D eigenvalue weighted by molar-refractivity contribution is 7.89. The summed E-state index contributed by atoms with van der Waals surface area (Å²) in [6.45, 7) is 6.21. The lowest BCUT2D eigenvalue weighted by Gasteiger charge is -2.15. The van der Waals surface area contributed by atoms with Crippen molar-refractivity contribution >= 4 is 10.0 Å². The molecular weight excluding hydrogens is 286 g/mol. The molecule has 0 aromatic carbocycles.